The largest absolute Gasteiger partial charge is 1.00 e. The summed E-state index contributed by atoms with van der Waals surface area (Å²) < 4.78 is 20.2. The summed E-state index contributed by atoms with van der Waals surface area (Å²) in [5, 5.41) is 6.85. The number of sulfonamides is 1. The Hall–Kier alpha value is 0.680. The molecule has 0 aromatic heterocycles. The van der Waals surface area contributed by atoms with Crippen molar-refractivity contribution >= 4 is 21.6 Å². The number of hydrogen-bond donors (Lipinski definition) is 0. The van der Waals surface area contributed by atoms with Crippen molar-refractivity contribution < 1.29 is 38.0 Å². The number of nitrogens with one attached hydrogen (secondary N) is 1. The first-order valence-electron chi connectivity index (χ1n) is 3.39. The molecule has 3 nitrogen and oxygen atoms in total. The van der Waals surface area contributed by atoms with Crippen LogP contribution in [0.5, 0.6) is 0 Å². The Morgan fingerprint density at radius 2 is 2.15 bits per heavy atom. The van der Waals surface area contributed by atoms with Crippen molar-refractivity contribution in [2.75, 3.05) is 0 Å². The van der Waals surface area contributed by atoms with Gasteiger partial charge < -0.3 is 5.14 Å². The Kier molecular flexibility index (Phi) is 4.70. The predicted octanol–water partition coefficient (Wildman–Crippen LogP) is -0.786. The second kappa shape index (κ2) is 4.47. The van der Waals surface area contributed by atoms with Gasteiger partial charge in [-0.2, -0.15) is 0 Å². The van der Waals surface area contributed by atoms with Gasteiger partial charge in [-0.25, -0.2) is 8.42 Å². The maximum Gasteiger partial charge on any atom is 1.00 e. The quantitative estimate of drug-likeness (QED) is 0.437. The van der Waals surface area contributed by atoms with E-state index in [-0.39, 0.29) is 36.0 Å². The second-order valence-electron chi connectivity index (χ2n) is 2.78. The minimum Gasteiger partial charge on any atom is -0.562 e. The van der Waals surface area contributed by atoms with Gasteiger partial charge in [-0.1, -0.05) is 29.3 Å². The maximum absolute atomic E-state index is 10.9. The third-order valence-corrected chi connectivity index (χ3v) is 3.83. The summed E-state index contributed by atoms with van der Waals surface area (Å²) in [5.74, 6) is 0. The summed E-state index contributed by atoms with van der Waals surface area (Å²) in [6.45, 7) is 1.85. The average molecular weight is 230 g/mol. The van der Waals surface area contributed by atoms with E-state index < -0.39 is 14.2 Å². The van der Waals surface area contributed by atoms with E-state index in [4.69, 9.17) is 16.7 Å². The van der Waals surface area contributed by atoms with Crippen LogP contribution >= 0.6 is 11.6 Å². The molecule has 1 aliphatic rings. The first-order chi connectivity index (χ1) is 5.35. The van der Waals surface area contributed by atoms with Crippen molar-refractivity contribution in [3.63, 3.8) is 0 Å². The average Bonchev–Trinajstić information content (AvgIpc) is 1.93. The SMILES string of the molecule is CC1=CCC(Cl)(S([NH-])(=O)=O)C=C1.[Na+]. The molecular formula is C7H9ClNNaO2S. The molecule has 6 heteroatoms. The van der Waals surface area contributed by atoms with Gasteiger partial charge in [0.1, 0.15) is 4.21 Å². The van der Waals surface area contributed by atoms with Gasteiger partial charge in [0.2, 0.25) is 0 Å². The number of allylic oxidation sites excluding steroid dienone is 3. The molecule has 0 radical (unpaired) electrons. The normalized spacial score (nSPS) is 27.8. The van der Waals surface area contributed by atoms with Crippen LogP contribution in [-0.2, 0) is 10.0 Å². The van der Waals surface area contributed by atoms with Crippen LogP contribution in [0, 0.1) is 0 Å². The van der Waals surface area contributed by atoms with E-state index in [0.717, 1.165) is 5.57 Å². The number of rotatable bonds is 1. The molecule has 0 bridgehead atoms. The van der Waals surface area contributed by atoms with Crippen LogP contribution in [0.15, 0.2) is 23.8 Å². The molecule has 0 amide bonds. The van der Waals surface area contributed by atoms with Crippen LogP contribution in [0.4, 0.5) is 0 Å². The van der Waals surface area contributed by atoms with Gasteiger partial charge in [0, 0.05) is 6.42 Å². The summed E-state index contributed by atoms with van der Waals surface area (Å²) in [7, 11) is -3.96. The Labute approximate surface area is 105 Å². The molecule has 0 spiro atoms. The van der Waals surface area contributed by atoms with E-state index in [1.807, 2.05) is 6.92 Å². The summed E-state index contributed by atoms with van der Waals surface area (Å²) in [4.78, 5) is 0. The van der Waals surface area contributed by atoms with Crippen molar-refractivity contribution in [3.05, 3.63) is 28.9 Å². The molecule has 1 unspecified atom stereocenters. The van der Waals surface area contributed by atoms with Crippen molar-refractivity contribution in [3.8, 4) is 0 Å². The van der Waals surface area contributed by atoms with Crippen LogP contribution < -0.4 is 29.6 Å². The Balaban J connectivity index is 0.00000144. The number of alkyl halides is 1. The first-order valence-corrected chi connectivity index (χ1v) is 5.25. The fraction of sp³-hybridized carbons (Fsp3) is 0.429. The van der Waals surface area contributed by atoms with Crippen molar-refractivity contribution in [1.29, 1.82) is 0 Å². The minimum atomic E-state index is -3.96. The van der Waals surface area contributed by atoms with E-state index in [0.29, 0.717) is 0 Å². The third kappa shape index (κ3) is 3.08. The fourth-order valence-electron chi connectivity index (χ4n) is 0.891. The molecule has 1 rings (SSSR count). The van der Waals surface area contributed by atoms with E-state index in [1.165, 1.54) is 6.08 Å². The van der Waals surface area contributed by atoms with Gasteiger partial charge in [-0.05, 0) is 13.0 Å². The summed E-state index contributed by atoms with van der Waals surface area (Å²) in [6.07, 6.45) is 4.84. The minimum absolute atomic E-state index is 0. The molecule has 0 saturated heterocycles. The van der Waals surface area contributed by atoms with Crippen molar-refractivity contribution in [1.82, 2.24) is 0 Å². The maximum atomic E-state index is 10.9. The van der Waals surface area contributed by atoms with E-state index in [1.54, 1.807) is 12.2 Å². The van der Waals surface area contributed by atoms with Crippen LogP contribution in [0.2, 0.25) is 0 Å². The van der Waals surface area contributed by atoms with Gasteiger partial charge in [0.25, 0.3) is 0 Å². The predicted molar refractivity (Wildman–Crippen MR) is 49.3 cm³/mol. The molecule has 1 N–H and O–H groups in total. The van der Waals surface area contributed by atoms with Crippen LogP contribution in [0.1, 0.15) is 13.3 Å². The number of hydrogen-bond acceptors (Lipinski definition) is 2. The van der Waals surface area contributed by atoms with E-state index in [2.05, 4.69) is 0 Å². The molecule has 0 fully saturated rings. The van der Waals surface area contributed by atoms with Gasteiger partial charge in [0.05, 0.1) is 10.0 Å². The molecule has 0 heterocycles. The van der Waals surface area contributed by atoms with Crippen LogP contribution in [0.25, 0.3) is 5.14 Å². The van der Waals surface area contributed by atoms with Crippen molar-refractivity contribution in [2.24, 2.45) is 0 Å². The molecule has 0 aromatic rings. The van der Waals surface area contributed by atoms with Crippen molar-refractivity contribution in [2.45, 2.75) is 17.6 Å². The molecule has 68 valence electrons. The first kappa shape index (κ1) is 13.7. The molecule has 1 atom stereocenters. The molecule has 1 aliphatic carbocycles. The zero-order valence-electron chi connectivity index (χ0n) is 7.54. The van der Waals surface area contributed by atoms with Gasteiger partial charge in [0.15, 0.2) is 0 Å². The molecule has 13 heavy (non-hydrogen) atoms. The second-order valence-corrected chi connectivity index (χ2v) is 5.41. The molecule has 0 aromatic carbocycles. The van der Waals surface area contributed by atoms with E-state index >= 15 is 0 Å². The Bertz CT molecular complexity index is 350. The van der Waals surface area contributed by atoms with Gasteiger partial charge in [-0.3, -0.25) is 0 Å². The molecule has 0 aliphatic heterocycles. The van der Waals surface area contributed by atoms with Crippen LogP contribution in [0.3, 0.4) is 0 Å². The standard InChI is InChI=1S/C7H9ClNO2S.Na/c1-6-2-4-7(8,5-3-6)12(9,10)11;/h2-4H,5H2,1H3,(H-,9,10,11);/q-1;+1. The molecule has 0 saturated carbocycles. The van der Waals surface area contributed by atoms with Gasteiger partial charge in [-0.15, -0.1) is 0 Å². The summed E-state index contributed by atoms with van der Waals surface area (Å²) in [6, 6.07) is 0. The smallest absolute Gasteiger partial charge is 0.562 e. The fourth-order valence-corrected chi connectivity index (χ4v) is 1.58. The zero-order valence-corrected chi connectivity index (χ0v) is 11.1. The summed E-state index contributed by atoms with van der Waals surface area (Å²) in [5.41, 5.74) is 0.968. The Morgan fingerprint density at radius 3 is 2.46 bits per heavy atom. The number of halogens is 1. The van der Waals surface area contributed by atoms with Gasteiger partial charge >= 0.3 is 29.6 Å². The zero-order chi connectivity index (χ0) is 9.41. The summed E-state index contributed by atoms with van der Waals surface area (Å²) >= 11 is 5.71. The van der Waals surface area contributed by atoms with E-state index in [9.17, 15) is 8.42 Å². The Morgan fingerprint density at radius 1 is 1.62 bits per heavy atom. The monoisotopic (exact) mass is 229 g/mol. The third-order valence-electron chi connectivity index (χ3n) is 1.74. The van der Waals surface area contributed by atoms with Crippen LogP contribution in [-0.4, -0.2) is 12.6 Å². The molecular weight excluding hydrogens is 221 g/mol. The topological polar surface area (TPSA) is 57.9 Å².